The van der Waals surface area contributed by atoms with Crippen LogP contribution in [0.1, 0.15) is 22.8 Å². The molecule has 0 atom stereocenters. The third-order valence-electron chi connectivity index (χ3n) is 2.97. The Hall–Kier alpha value is -1.95. The third-order valence-corrected chi connectivity index (χ3v) is 3.53. The van der Waals surface area contributed by atoms with Gasteiger partial charge in [0.1, 0.15) is 0 Å². The number of halogens is 1. The molecule has 0 aliphatic heterocycles. The zero-order valence-electron chi connectivity index (χ0n) is 10.9. The third kappa shape index (κ3) is 3.14. The standard InChI is InChI=1S/C14H13BrN2O3/c1-2-9-3-5-10(6-4-9)12(18)8-17-7-11(15)13(19)16-14(17)20/h3-7H,2,8H2,1H3,(H,16,19,20). The number of ketones is 1. The van der Waals surface area contributed by atoms with E-state index in [9.17, 15) is 14.4 Å². The van der Waals surface area contributed by atoms with Crippen LogP contribution < -0.4 is 11.2 Å². The highest BCUT2D eigenvalue weighted by atomic mass is 79.9. The van der Waals surface area contributed by atoms with Crippen molar-refractivity contribution in [1.82, 2.24) is 9.55 Å². The molecule has 6 heteroatoms. The molecule has 0 radical (unpaired) electrons. The van der Waals surface area contributed by atoms with Crippen LogP contribution >= 0.6 is 15.9 Å². The molecule has 0 saturated carbocycles. The molecule has 0 saturated heterocycles. The summed E-state index contributed by atoms with van der Waals surface area (Å²) >= 11 is 3.03. The maximum absolute atomic E-state index is 12.1. The van der Waals surface area contributed by atoms with E-state index in [2.05, 4.69) is 20.9 Å². The Morgan fingerprint density at radius 2 is 1.90 bits per heavy atom. The number of nitrogens with one attached hydrogen (secondary N) is 1. The highest BCUT2D eigenvalue weighted by Crippen LogP contribution is 2.07. The van der Waals surface area contributed by atoms with Gasteiger partial charge in [0.25, 0.3) is 5.56 Å². The van der Waals surface area contributed by atoms with Crippen molar-refractivity contribution in [1.29, 1.82) is 0 Å². The van der Waals surface area contributed by atoms with Gasteiger partial charge in [0.2, 0.25) is 0 Å². The molecular formula is C14H13BrN2O3. The Bertz CT molecular complexity index is 744. The van der Waals surface area contributed by atoms with Crippen LogP contribution in [0.2, 0.25) is 0 Å². The molecule has 20 heavy (non-hydrogen) atoms. The van der Waals surface area contributed by atoms with Gasteiger partial charge in [-0.15, -0.1) is 0 Å². The van der Waals surface area contributed by atoms with E-state index < -0.39 is 11.2 Å². The first-order chi connectivity index (χ1) is 9.51. The minimum Gasteiger partial charge on any atom is -0.292 e. The molecule has 0 fully saturated rings. The fourth-order valence-corrected chi connectivity index (χ4v) is 2.12. The van der Waals surface area contributed by atoms with Crippen LogP contribution in [0, 0.1) is 0 Å². The first-order valence-electron chi connectivity index (χ1n) is 6.12. The zero-order valence-corrected chi connectivity index (χ0v) is 12.4. The Morgan fingerprint density at radius 3 is 2.50 bits per heavy atom. The molecule has 0 amide bonds. The summed E-state index contributed by atoms with van der Waals surface area (Å²) in [6.07, 6.45) is 2.22. The van der Waals surface area contributed by atoms with Crippen molar-refractivity contribution in [2.75, 3.05) is 0 Å². The van der Waals surface area contributed by atoms with Gasteiger partial charge in [0, 0.05) is 11.8 Å². The van der Waals surface area contributed by atoms with Gasteiger partial charge in [-0.1, -0.05) is 31.2 Å². The number of rotatable bonds is 4. The van der Waals surface area contributed by atoms with E-state index in [4.69, 9.17) is 0 Å². The molecule has 0 bridgehead atoms. The Labute approximate surface area is 123 Å². The predicted molar refractivity (Wildman–Crippen MR) is 79.2 cm³/mol. The fourth-order valence-electron chi connectivity index (χ4n) is 1.77. The van der Waals surface area contributed by atoms with E-state index in [1.807, 2.05) is 19.1 Å². The van der Waals surface area contributed by atoms with Gasteiger partial charge in [0.15, 0.2) is 5.78 Å². The maximum Gasteiger partial charge on any atom is 0.328 e. The monoisotopic (exact) mass is 336 g/mol. The molecule has 5 nitrogen and oxygen atoms in total. The first-order valence-corrected chi connectivity index (χ1v) is 6.92. The summed E-state index contributed by atoms with van der Waals surface area (Å²) in [4.78, 5) is 37.0. The van der Waals surface area contributed by atoms with Crippen molar-refractivity contribution in [3.63, 3.8) is 0 Å². The SMILES string of the molecule is CCc1ccc(C(=O)Cn2cc(Br)c(=O)[nH]c2=O)cc1. The minimum atomic E-state index is -0.600. The second kappa shape index (κ2) is 6.00. The minimum absolute atomic E-state index is 0.111. The number of aromatic amines is 1. The summed E-state index contributed by atoms with van der Waals surface area (Å²) in [5.74, 6) is -0.186. The summed E-state index contributed by atoms with van der Waals surface area (Å²) in [5, 5.41) is 0. The molecule has 1 N–H and O–H groups in total. The zero-order chi connectivity index (χ0) is 14.7. The average molecular weight is 337 g/mol. The molecule has 2 aromatic rings. The first kappa shape index (κ1) is 14.5. The van der Waals surface area contributed by atoms with Crippen molar-refractivity contribution in [2.45, 2.75) is 19.9 Å². The van der Waals surface area contributed by atoms with E-state index in [0.717, 1.165) is 12.0 Å². The summed E-state index contributed by atoms with van der Waals surface area (Å²) < 4.78 is 1.38. The van der Waals surface area contributed by atoms with Crippen molar-refractivity contribution in [2.24, 2.45) is 0 Å². The smallest absolute Gasteiger partial charge is 0.292 e. The van der Waals surface area contributed by atoms with Crippen LogP contribution in [0.15, 0.2) is 44.5 Å². The Balaban J connectivity index is 2.25. The largest absolute Gasteiger partial charge is 0.328 e. The van der Waals surface area contributed by atoms with Crippen LogP contribution in [0.25, 0.3) is 0 Å². The van der Waals surface area contributed by atoms with E-state index in [0.29, 0.717) is 5.56 Å². The number of hydrogen-bond donors (Lipinski definition) is 1. The predicted octanol–water partition coefficient (Wildman–Crippen LogP) is 1.74. The van der Waals surface area contributed by atoms with E-state index in [1.165, 1.54) is 10.8 Å². The van der Waals surface area contributed by atoms with E-state index >= 15 is 0 Å². The lowest BCUT2D eigenvalue weighted by Crippen LogP contribution is -2.31. The van der Waals surface area contributed by atoms with Gasteiger partial charge in [-0.05, 0) is 27.9 Å². The number of hydrogen-bond acceptors (Lipinski definition) is 3. The van der Waals surface area contributed by atoms with Crippen molar-refractivity contribution >= 4 is 21.7 Å². The van der Waals surface area contributed by atoms with Crippen LogP contribution in [0.5, 0.6) is 0 Å². The fraction of sp³-hybridized carbons (Fsp3) is 0.214. The lowest BCUT2D eigenvalue weighted by Gasteiger charge is -2.05. The molecule has 1 heterocycles. The lowest BCUT2D eigenvalue weighted by atomic mass is 10.1. The van der Waals surface area contributed by atoms with Gasteiger partial charge < -0.3 is 0 Å². The van der Waals surface area contributed by atoms with Crippen LogP contribution in [0.4, 0.5) is 0 Å². The van der Waals surface area contributed by atoms with Crippen LogP contribution in [0.3, 0.4) is 0 Å². The molecule has 0 aliphatic carbocycles. The summed E-state index contributed by atoms with van der Waals surface area (Å²) in [6.45, 7) is 1.92. The molecule has 0 unspecified atom stereocenters. The van der Waals surface area contributed by atoms with Crippen molar-refractivity contribution < 1.29 is 4.79 Å². The van der Waals surface area contributed by atoms with Crippen molar-refractivity contribution in [3.8, 4) is 0 Å². The number of H-pyrrole nitrogens is 1. The van der Waals surface area contributed by atoms with Gasteiger partial charge >= 0.3 is 5.69 Å². The second-order valence-corrected chi connectivity index (χ2v) is 5.19. The number of benzene rings is 1. The van der Waals surface area contributed by atoms with Gasteiger partial charge in [-0.25, -0.2) is 4.79 Å². The number of carbonyl (C=O) groups is 1. The molecule has 0 spiro atoms. The quantitative estimate of drug-likeness (QED) is 0.864. The number of carbonyl (C=O) groups excluding carboxylic acids is 1. The van der Waals surface area contributed by atoms with Crippen molar-refractivity contribution in [3.05, 3.63) is 66.9 Å². The highest BCUT2D eigenvalue weighted by molar-refractivity contribution is 9.10. The van der Waals surface area contributed by atoms with Gasteiger partial charge in [-0.2, -0.15) is 0 Å². The van der Waals surface area contributed by atoms with E-state index in [-0.39, 0.29) is 16.8 Å². The molecule has 0 aliphatic rings. The average Bonchev–Trinajstić information content (AvgIpc) is 2.44. The molecule has 1 aromatic carbocycles. The summed E-state index contributed by atoms with van der Waals surface area (Å²) in [6, 6.07) is 7.26. The normalized spacial score (nSPS) is 10.5. The maximum atomic E-state index is 12.1. The number of Topliss-reactive ketones (excluding diaryl/α,β-unsaturated/α-hetero) is 1. The highest BCUT2D eigenvalue weighted by Gasteiger charge is 2.09. The topological polar surface area (TPSA) is 71.9 Å². The van der Waals surface area contributed by atoms with E-state index in [1.54, 1.807) is 12.1 Å². The molecular weight excluding hydrogens is 324 g/mol. The number of aromatic nitrogens is 2. The summed E-state index contributed by atoms with van der Waals surface area (Å²) in [7, 11) is 0. The van der Waals surface area contributed by atoms with Crippen LogP contribution in [-0.4, -0.2) is 15.3 Å². The lowest BCUT2D eigenvalue weighted by molar-refractivity contribution is 0.0970. The Morgan fingerprint density at radius 1 is 1.25 bits per heavy atom. The number of aryl methyl sites for hydroxylation is 1. The Kier molecular flexibility index (Phi) is 4.34. The number of nitrogens with zero attached hydrogens (tertiary/aromatic N) is 1. The molecule has 1 aromatic heterocycles. The van der Waals surface area contributed by atoms with Crippen LogP contribution in [-0.2, 0) is 13.0 Å². The van der Waals surface area contributed by atoms with Gasteiger partial charge in [-0.3, -0.25) is 19.1 Å². The molecule has 2 rings (SSSR count). The second-order valence-electron chi connectivity index (χ2n) is 4.34. The summed E-state index contributed by atoms with van der Waals surface area (Å²) in [5.41, 5.74) is 0.574. The van der Waals surface area contributed by atoms with Gasteiger partial charge in [0.05, 0.1) is 11.0 Å². The molecule has 104 valence electrons.